The Kier molecular flexibility index (Phi) is 9.33. The van der Waals surface area contributed by atoms with Crippen molar-refractivity contribution < 1.29 is 8.85 Å². The van der Waals surface area contributed by atoms with Crippen LogP contribution in [0.3, 0.4) is 0 Å². The molecule has 0 saturated heterocycles. The van der Waals surface area contributed by atoms with E-state index in [1.807, 2.05) is 0 Å². The van der Waals surface area contributed by atoms with Crippen LogP contribution in [0.5, 0.6) is 0 Å². The van der Waals surface area contributed by atoms with Crippen molar-refractivity contribution in [3.8, 4) is 0 Å². The van der Waals surface area contributed by atoms with Gasteiger partial charge >= 0.3 is 9.28 Å². The van der Waals surface area contributed by atoms with Crippen molar-refractivity contribution in [1.82, 2.24) is 0 Å². The second-order valence-corrected chi connectivity index (χ2v) is 4.64. The summed E-state index contributed by atoms with van der Waals surface area (Å²) < 4.78 is 11.2. The monoisotopic (exact) mass is 189 g/mol. The molecule has 0 aliphatic carbocycles. The fraction of sp³-hybridized carbons (Fsp3) is 1.00. The maximum atomic E-state index is 5.61. The molecular weight excluding hydrogens is 168 g/mol. The first-order valence-electron chi connectivity index (χ1n) is 4.96. The molecule has 73 valence electrons. The van der Waals surface area contributed by atoms with Gasteiger partial charge in [-0.1, -0.05) is 27.2 Å². The Morgan fingerprint density at radius 2 is 1.33 bits per heavy atom. The molecule has 0 atom stereocenters. The number of hydrogen-bond donors (Lipinski definition) is 0. The summed E-state index contributed by atoms with van der Waals surface area (Å²) in [5.41, 5.74) is 0. The van der Waals surface area contributed by atoms with Crippen LogP contribution in [0.1, 0.15) is 40.0 Å². The highest BCUT2D eigenvalue weighted by Gasteiger charge is 2.12. The van der Waals surface area contributed by atoms with Gasteiger partial charge in [0.1, 0.15) is 0 Å². The van der Waals surface area contributed by atoms with Gasteiger partial charge in [-0.25, -0.2) is 0 Å². The zero-order valence-corrected chi connectivity index (χ0v) is 9.56. The lowest BCUT2D eigenvalue weighted by Gasteiger charge is -2.13. The van der Waals surface area contributed by atoms with Crippen molar-refractivity contribution in [3.63, 3.8) is 0 Å². The van der Waals surface area contributed by atoms with Gasteiger partial charge in [0.05, 0.1) is 0 Å². The van der Waals surface area contributed by atoms with Gasteiger partial charge in [-0.05, 0) is 18.9 Å². The van der Waals surface area contributed by atoms with Crippen LogP contribution in [-0.2, 0) is 8.85 Å². The van der Waals surface area contributed by atoms with Gasteiger partial charge in [0.2, 0.25) is 0 Å². The summed E-state index contributed by atoms with van der Waals surface area (Å²) in [6.45, 7) is 8.15. The average Bonchev–Trinajstić information content (AvgIpc) is 2.10. The van der Waals surface area contributed by atoms with E-state index in [2.05, 4.69) is 20.8 Å². The molecule has 0 heterocycles. The molecule has 0 spiro atoms. The average molecular weight is 189 g/mol. The zero-order chi connectivity index (χ0) is 9.23. The fourth-order valence-corrected chi connectivity index (χ4v) is 2.47. The molecule has 0 aromatic heterocycles. The van der Waals surface area contributed by atoms with E-state index < -0.39 is 9.28 Å². The molecule has 0 bridgehead atoms. The van der Waals surface area contributed by atoms with Gasteiger partial charge in [-0.15, -0.1) is 0 Å². The topological polar surface area (TPSA) is 18.5 Å². The van der Waals surface area contributed by atoms with Crippen molar-refractivity contribution in [3.05, 3.63) is 0 Å². The fourth-order valence-electron chi connectivity index (χ4n) is 0.822. The first-order valence-corrected chi connectivity index (χ1v) is 6.48. The van der Waals surface area contributed by atoms with Gasteiger partial charge in [0.25, 0.3) is 0 Å². The lowest BCUT2D eigenvalue weighted by molar-refractivity contribution is 0.196. The molecular formula is C9H21O2Si. The maximum Gasteiger partial charge on any atom is 0.384 e. The largest absolute Gasteiger partial charge is 0.393 e. The van der Waals surface area contributed by atoms with Crippen LogP contribution in [0.4, 0.5) is 0 Å². The molecule has 2 nitrogen and oxygen atoms in total. The first kappa shape index (κ1) is 12.1. The van der Waals surface area contributed by atoms with E-state index in [4.69, 9.17) is 8.85 Å². The van der Waals surface area contributed by atoms with Crippen molar-refractivity contribution in [2.24, 2.45) is 0 Å². The summed E-state index contributed by atoms with van der Waals surface area (Å²) in [5.74, 6) is 0. The molecule has 0 saturated carbocycles. The van der Waals surface area contributed by atoms with Gasteiger partial charge in [-0.2, -0.15) is 0 Å². The van der Waals surface area contributed by atoms with E-state index in [1.54, 1.807) is 0 Å². The van der Waals surface area contributed by atoms with E-state index in [0.717, 1.165) is 32.1 Å². The third-order valence-electron chi connectivity index (χ3n) is 1.39. The second-order valence-electron chi connectivity index (χ2n) is 2.82. The predicted octanol–water partition coefficient (Wildman–Crippen LogP) is 2.74. The molecule has 0 rings (SSSR count). The molecule has 1 radical (unpaired) electrons. The predicted molar refractivity (Wildman–Crippen MR) is 53.3 cm³/mol. The first-order chi connectivity index (χ1) is 5.85. The molecule has 0 aromatic carbocycles. The summed E-state index contributed by atoms with van der Waals surface area (Å²) in [6, 6.07) is 1.12. The van der Waals surface area contributed by atoms with Crippen LogP contribution < -0.4 is 0 Å². The zero-order valence-electron chi connectivity index (χ0n) is 8.56. The van der Waals surface area contributed by atoms with Crippen molar-refractivity contribution in [2.75, 3.05) is 13.2 Å². The second kappa shape index (κ2) is 9.23. The minimum atomic E-state index is -0.921. The Morgan fingerprint density at radius 3 is 1.67 bits per heavy atom. The summed E-state index contributed by atoms with van der Waals surface area (Å²) in [7, 11) is -0.921. The molecule has 0 aromatic rings. The number of rotatable bonds is 8. The minimum Gasteiger partial charge on any atom is -0.393 e. The lowest BCUT2D eigenvalue weighted by Crippen LogP contribution is -2.23. The quantitative estimate of drug-likeness (QED) is 0.547. The molecule has 0 aliphatic heterocycles. The molecule has 3 heteroatoms. The Hall–Kier alpha value is 0.137. The van der Waals surface area contributed by atoms with Crippen LogP contribution in [0, 0.1) is 0 Å². The standard InChI is InChI=1S/C9H21O2Si/c1-4-7-10-12(9-6-3)11-8-5-2/h4-9H2,1-3H3. The normalized spacial score (nSPS) is 11.0. The molecule has 0 unspecified atom stereocenters. The molecule has 0 N–H and O–H groups in total. The van der Waals surface area contributed by atoms with Crippen LogP contribution >= 0.6 is 0 Å². The highest BCUT2D eigenvalue weighted by molar-refractivity contribution is 6.44. The SMILES string of the molecule is CCCO[Si](CCC)OCCC. The van der Waals surface area contributed by atoms with E-state index >= 15 is 0 Å². The Bertz CT molecular complexity index is 80.6. The Balaban J connectivity index is 3.40. The molecule has 12 heavy (non-hydrogen) atoms. The van der Waals surface area contributed by atoms with Gasteiger partial charge in [0, 0.05) is 13.2 Å². The van der Waals surface area contributed by atoms with Crippen LogP contribution in [-0.4, -0.2) is 22.5 Å². The summed E-state index contributed by atoms with van der Waals surface area (Å²) in [6.07, 6.45) is 3.35. The maximum absolute atomic E-state index is 5.61. The highest BCUT2D eigenvalue weighted by Crippen LogP contribution is 2.02. The summed E-state index contributed by atoms with van der Waals surface area (Å²) in [4.78, 5) is 0. The van der Waals surface area contributed by atoms with E-state index in [0.29, 0.717) is 0 Å². The van der Waals surface area contributed by atoms with Crippen molar-refractivity contribution in [2.45, 2.75) is 46.1 Å². The van der Waals surface area contributed by atoms with E-state index in [9.17, 15) is 0 Å². The Morgan fingerprint density at radius 1 is 0.833 bits per heavy atom. The van der Waals surface area contributed by atoms with Gasteiger partial charge < -0.3 is 8.85 Å². The third-order valence-corrected chi connectivity index (χ3v) is 3.35. The molecule has 0 aliphatic rings. The van der Waals surface area contributed by atoms with Crippen molar-refractivity contribution in [1.29, 1.82) is 0 Å². The third kappa shape index (κ3) is 6.82. The van der Waals surface area contributed by atoms with E-state index in [1.165, 1.54) is 6.42 Å². The Labute approximate surface area is 78.1 Å². The lowest BCUT2D eigenvalue weighted by atomic mass is 10.5. The molecule has 0 amide bonds. The van der Waals surface area contributed by atoms with Crippen LogP contribution in [0.15, 0.2) is 0 Å². The van der Waals surface area contributed by atoms with Crippen LogP contribution in [0.25, 0.3) is 0 Å². The number of hydrogen-bond acceptors (Lipinski definition) is 2. The molecule has 0 fully saturated rings. The van der Waals surface area contributed by atoms with Gasteiger partial charge in [-0.3, -0.25) is 0 Å². The van der Waals surface area contributed by atoms with Crippen molar-refractivity contribution >= 4 is 9.28 Å². The minimum absolute atomic E-state index is 0.859. The summed E-state index contributed by atoms with van der Waals surface area (Å²) in [5, 5.41) is 0. The van der Waals surface area contributed by atoms with Gasteiger partial charge in [0.15, 0.2) is 0 Å². The highest BCUT2D eigenvalue weighted by atomic mass is 28.3. The van der Waals surface area contributed by atoms with Crippen LogP contribution in [0.2, 0.25) is 6.04 Å². The summed E-state index contributed by atoms with van der Waals surface area (Å²) >= 11 is 0. The van der Waals surface area contributed by atoms with E-state index in [-0.39, 0.29) is 0 Å². The smallest absolute Gasteiger partial charge is 0.384 e.